The second-order valence-corrected chi connectivity index (χ2v) is 8.43. The maximum absolute atomic E-state index is 13.2. The molecule has 7 nitrogen and oxygen atoms in total. The van der Waals surface area contributed by atoms with Gasteiger partial charge in [-0.1, -0.05) is 41.4 Å². The Morgan fingerprint density at radius 3 is 2.37 bits per heavy atom. The molecule has 4 amide bonds. The van der Waals surface area contributed by atoms with Gasteiger partial charge in [0.1, 0.15) is 30.3 Å². The Balaban J connectivity index is 1.54. The monoisotopic (exact) mass is 490 g/mol. The highest BCUT2D eigenvalue weighted by Gasteiger charge is 2.37. The van der Waals surface area contributed by atoms with Crippen molar-refractivity contribution in [3.05, 3.63) is 94.0 Å². The SMILES string of the molecule is Cc1ccc(OCCOc2ccc(Cl)cc2/C=C2/C(=O)NC(=O)N(c3cccc(C)c3)C2=O)cc1. The molecule has 4 rings (SSSR count). The molecule has 1 aliphatic heterocycles. The lowest BCUT2D eigenvalue weighted by molar-refractivity contribution is -0.122. The molecule has 0 atom stereocenters. The highest BCUT2D eigenvalue weighted by Crippen LogP contribution is 2.28. The van der Waals surface area contributed by atoms with E-state index in [0.29, 0.717) is 22.0 Å². The van der Waals surface area contributed by atoms with Gasteiger partial charge in [-0.25, -0.2) is 9.69 Å². The Bertz CT molecular complexity index is 1320. The van der Waals surface area contributed by atoms with Crippen LogP contribution in [0, 0.1) is 13.8 Å². The van der Waals surface area contributed by atoms with Gasteiger partial charge >= 0.3 is 6.03 Å². The zero-order valence-corrected chi connectivity index (χ0v) is 20.0. The molecule has 0 radical (unpaired) electrons. The number of aryl methyl sites for hydroxylation is 2. The average Bonchev–Trinajstić information content (AvgIpc) is 2.81. The lowest BCUT2D eigenvalue weighted by Gasteiger charge is -2.26. The number of ether oxygens (including phenoxy) is 2. The molecule has 0 aliphatic carbocycles. The third kappa shape index (κ3) is 5.70. The summed E-state index contributed by atoms with van der Waals surface area (Å²) in [6.45, 7) is 4.35. The van der Waals surface area contributed by atoms with E-state index in [0.717, 1.165) is 21.8 Å². The van der Waals surface area contributed by atoms with Crippen LogP contribution in [0.4, 0.5) is 10.5 Å². The van der Waals surface area contributed by atoms with Crippen LogP contribution in [0.3, 0.4) is 0 Å². The van der Waals surface area contributed by atoms with Crippen LogP contribution in [0.5, 0.6) is 11.5 Å². The molecule has 0 unspecified atom stereocenters. The summed E-state index contributed by atoms with van der Waals surface area (Å²) in [5.41, 5.74) is 2.57. The van der Waals surface area contributed by atoms with E-state index in [4.69, 9.17) is 21.1 Å². The van der Waals surface area contributed by atoms with Crippen LogP contribution >= 0.6 is 11.6 Å². The molecule has 35 heavy (non-hydrogen) atoms. The van der Waals surface area contributed by atoms with Gasteiger partial charge in [0.15, 0.2) is 0 Å². The van der Waals surface area contributed by atoms with Crippen molar-refractivity contribution in [2.45, 2.75) is 13.8 Å². The zero-order valence-electron chi connectivity index (χ0n) is 19.2. The number of benzene rings is 3. The lowest BCUT2D eigenvalue weighted by Crippen LogP contribution is -2.54. The van der Waals surface area contributed by atoms with Gasteiger partial charge in [-0.05, 0) is 68.0 Å². The molecule has 0 saturated carbocycles. The van der Waals surface area contributed by atoms with Gasteiger partial charge in [0, 0.05) is 10.6 Å². The number of rotatable bonds is 7. The van der Waals surface area contributed by atoms with E-state index in [9.17, 15) is 14.4 Å². The molecule has 178 valence electrons. The first kappa shape index (κ1) is 24.0. The number of carbonyl (C=O) groups excluding carboxylic acids is 3. The van der Waals surface area contributed by atoms with Crippen LogP contribution in [0.15, 0.2) is 72.3 Å². The number of barbiturate groups is 1. The first-order valence-electron chi connectivity index (χ1n) is 10.9. The van der Waals surface area contributed by atoms with Crippen molar-refractivity contribution < 1.29 is 23.9 Å². The molecule has 3 aromatic carbocycles. The van der Waals surface area contributed by atoms with Gasteiger partial charge in [0.25, 0.3) is 11.8 Å². The molecule has 0 bridgehead atoms. The molecular formula is C27H23ClN2O5. The van der Waals surface area contributed by atoms with Crippen molar-refractivity contribution >= 4 is 41.2 Å². The minimum absolute atomic E-state index is 0.214. The summed E-state index contributed by atoms with van der Waals surface area (Å²) in [6.07, 6.45) is 1.37. The first-order chi connectivity index (χ1) is 16.8. The number of halogens is 1. The smallest absolute Gasteiger partial charge is 0.335 e. The topological polar surface area (TPSA) is 84.9 Å². The number of carbonyl (C=O) groups is 3. The normalized spacial score (nSPS) is 14.8. The molecule has 1 aliphatic rings. The lowest BCUT2D eigenvalue weighted by atomic mass is 10.1. The molecule has 8 heteroatoms. The molecular weight excluding hydrogens is 468 g/mol. The van der Waals surface area contributed by atoms with Crippen molar-refractivity contribution in [3.63, 3.8) is 0 Å². The molecule has 1 heterocycles. The molecule has 1 saturated heterocycles. The summed E-state index contributed by atoms with van der Waals surface area (Å²) in [7, 11) is 0. The van der Waals surface area contributed by atoms with Crippen LogP contribution in [-0.4, -0.2) is 31.1 Å². The number of urea groups is 1. The van der Waals surface area contributed by atoms with Gasteiger partial charge in [0.05, 0.1) is 5.69 Å². The Morgan fingerprint density at radius 1 is 0.886 bits per heavy atom. The van der Waals surface area contributed by atoms with Gasteiger partial charge in [-0.2, -0.15) is 0 Å². The molecule has 3 aromatic rings. The Kier molecular flexibility index (Phi) is 7.17. The van der Waals surface area contributed by atoms with Gasteiger partial charge in [-0.3, -0.25) is 14.9 Å². The second kappa shape index (κ2) is 10.4. The Labute approximate surface area is 207 Å². The van der Waals surface area contributed by atoms with Crippen molar-refractivity contribution in [1.82, 2.24) is 5.32 Å². The molecule has 0 aromatic heterocycles. The highest BCUT2D eigenvalue weighted by atomic mass is 35.5. The quantitative estimate of drug-likeness (QED) is 0.283. The maximum Gasteiger partial charge on any atom is 0.335 e. The van der Waals surface area contributed by atoms with Crippen molar-refractivity contribution in [2.24, 2.45) is 0 Å². The number of nitrogens with zero attached hydrogens (tertiary/aromatic N) is 1. The molecule has 1 fully saturated rings. The maximum atomic E-state index is 13.2. The van der Waals surface area contributed by atoms with Crippen molar-refractivity contribution in [2.75, 3.05) is 18.1 Å². The van der Waals surface area contributed by atoms with E-state index in [2.05, 4.69) is 5.32 Å². The van der Waals surface area contributed by atoms with E-state index in [1.807, 2.05) is 44.2 Å². The fraction of sp³-hybridized carbons (Fsp3) is 0.148. The van der Waals surface area contributed by atoms with E-state index in [1.165, 1.54) is 6.08 Å². The summed E-state index contributed by atoms with van der Waals surface area (Å²) >= 11 is 6.17. The largest absolute Gasteiger partial charge is 0.490 e. The fourth-order valence-electron chi connectivity index (χ4n) is 3.52. The standard InChI is InChI=1S/C27H23ClN2O5/c1-17-6-9-22(10-7-17)34-12-13-35-24-11-8-20(28)15-19(24)16-23-25(31)29-27(33)30(26(23)32)21-5-3-4-18(2)14-21/h3-11,14-16H,12-13H2,1-2H3,(H,29,31,33)/b23-16-. The number of anilines is 1. The fourth-order valence-corrected chi connectivity index (χ4v) is 3.70. The number of imide groups is 2. The zero-order chi connectivity index (χ0) is 24.9. The third-order valence-corrected chi connectivity index (χ3v) is 5.50. The average molecular weight is 491 g/mol. The van der Waals surface area contributed by atoms with Gasteiger partial charge < -0.3 is 9.47 Å². The van der Waals surface area contributed by atoms with Crippen LogP contribution < -0.4 is 19.7 Å². The second-order valence-electron chi connectivity index (χ2n) is 7.99. The molecule has 0 spiro atoms. The first-order valence-corrected chi connectivity index (χ1v) is 11.3. The number of hydrogen-bond donors (Lipinski definition) is 1. The third-order valence-electron chi connectivity index (χ3n) is 5.26. The van der Waals surface area contributed by atoms with Crippen LogP contribution in [0.25, 0.3) is 6.08 Å². The molecule has 1 N–H and O–H groups in total. The number of nitrogens with one attached hydrogen (secondary N) is 1. The summed E-state index contributed by atoms with van der Waals surface area (Å²) in [5, 5.41) is 2.62. The Hall–Kier alpha value is -4.10. The predicted octanol–water partition coefficient (Wildman–Crippen LogP) is 5.08. The van der Waals surface area contributed by atoms with E-state index < -0.39 is 17.8 Å². The van der Waals surface area contributed by atoms with Crippen LogP contribution in [-0.2, 0) is 9.59 Å². The number of amides is 4. The number of hydrogen-bond acceptors (Lipinski definition) is 5. The summed E-state index contributed by atoms with van der Waals surface area (Å²) in [5.74, 6) is -0.396. The van der Waals surface area contributed by atoms with Crippen molar-refractivity contribution in [1.29, 1.82) is 0 Å². The van der Waals surface area contributed by atoms with Crippen LogP contribution in [0.1, 0.15) is 16.7 Å². The van der Waals surface area contributed by atoms with Crippen molar-refractivity contribution in [3.8, 4) is 11.5 Å². The van der Waals surface area contributed by atoms with E-state index in [1.54, 1.807) is 36.4 Å². The van der Waals surface area contributed by atoms with E-state index >= 15 is 0 Å². The highest BCUT2D eigenvalue weighted by molar-refractivity contribution is 6.39. The summed E-state index contributed by atoms with van der Waals surface area (Å²) in [6, 6.07) is 18.6. The van der Waals surface area contributed by atoms with Crippen LogP contribution in [0.2, 0.25) is 5.02 Å². The minimum Gasteiger partial charge on any atom is -0.490 e. The Morgan fingerprint density at radius 2 is 1.63 bits per heavy atom. The van der Waals surface area contributed by atoms with E-state index in [-0.39, 0.29) is 18.8 Å². The van der Waals surface area contributed by atoms with Gasteiger partial charge in [-0.15, -0.1) is 0 Å². The summed E-state index contributed by atoms with van der Waals surface area (Å²) in [4.78, 5) is 39.1. The van der Waals surface area contributed by atoms with Gasteiger partial charge in [0.2, 0.25) is 0 Å². The predicted molar refractivity (Wildman–Crippen MR) is 134 cm³/mol. The minimum atomic E-state index is -0.807. The summed E-state index contributed by atoms with van der Waals surface area (Å²) < 4.78 is 11.5.